The minimum Gasteiger partial charge on any atom is -0.497 e. The number of rotatable bonds is 8. The summed E-state index contributed by atoms with van der Waals surface area (Å²) in [6, 6.07) is 8.81. The third kappa shape index (κ3) is 5.07. The maximum Gasteiger partial charge on any atom is 0.229 e. The van der Waals surface area contributed by atoms with Crippen LogP contribution >= 0.6 is 11.3 Å². The second kappa shape index (κ2) is 10.2. The Hall–Kier alpha value is -2.27. The fourth-order valence-corrected chi connectivity index (χ4v) is 3.72. The predicted octanol–water partition coefficient (Wildman–Crippen LogP) is 1.49. The SMILES string of the molecule is COCC1OC(Oc2ccsc2C(=O)/C=C/c2ccc(OC)cc2)C(O)C(O)C1O. The number of benzene rings is 1. The van der Waals surface area contributed by atoms with Crippen LogP contribution in [-0.4, -0.2) is 72.6 Å². The highest BCUT2D eigenvalue weighted by atomic mass is 32.1. The maximum absolute atomic E-state index is 12.6. The summed E-state index contributed by atoms with van der Waals surface area (Å²) in [7, 11) is 3.00. The lowest BCUT2D eigenvalue weighted by atomic mass is 9.99. The number of hydrogen-bond donors (Lipinski definition) is 3. The third-order valence-electron chi connectivity index (χ3n) is 4.64. The molecule has 3 N–H and O–H groups in total. The Morgan fingerprint density at radius 1 is 1.10 bits per heavy atom. The van der Waals surface area contributed by atoms with Crippen LogP contribution in [0.15, 0.2) is 41.8 Å². The minimum atomic E-state index is -1.49. The summed E-state index contributed by atoms with van der Waals surface area (Å²) in [6.07, 6.45) is -3.35. The number of aliphatic hydroxyl groups is 3. The number of ether oxygens (including phenoxy) is 4. The van der Waals surface area contributed by atoms with E-state index < -0.39 is 30.7 Å². The largest absolute Gasteiger partial charge is 0.497 e. The summed E-state index contributed by atoms with van der Waals surface area (Å²) in [4.78, 5) is 13.0. The molecule has 30 heavy (non-hydrogen) atoms. The van der Waals surface area contributed by atoms with Crippen LogP contribution < -0.4 is 9.47 Å². The number of carbonyl (C=O) groups excluding carboxylic acids is 1. The summed E-state index contributed by atoms with van der Waals surface area (Å²) < 4.78 is 21.3. The van der Waals surface area contributed by atoms with Crippen LogP contribution in [0.3, 0.4) is 0 Å². The monoisotopic (exact) mass is 436 g/mol. The first-order chi connectivity index (χ1) is 14.4. The van der Waals surface area contributed by atoms with Crippen molar-refractivity contribution in [1.29, 1.82) is 0 Å². The third-order valence-corrected chi connectivity index (χ3v) is 5.55. The topological polar surface area (TPSA) is 115 Å². The maximum atomic E-state index is 12.6. The number of hydrogen-bond acceptors (Lipinski definition) is 9. The van der Waals surface area contributed by atoms with Gasteiger partial charge in [0, 0.05) is 7.11 Å². The zero-order valence-corrected chi connectivity index (χ0v) is 17.3. The number of aliphatic hydroxyl groups excluding tert-OH is 3. The van der Waals surface area contributed by atoms with Gasteiger partial charge in [-0.2, -0.15) is 0 Å². The Morgan fingerprint density at radius 2 is 1.83 bits per heavy atom. The quantitative estimate of drug-likeness (QED) is 0.421. The summed E-state index contributed by atoms with van der Waals surface area (Å²) in [5.74, 6) is 0.654. The van der Waals surface area contributed by atoms with Gasteiger partial charge >= 0.3 is 0 Å². The van der Waals surface area contributed by atoms with Crippen molar-refractivity contribution in [2.45, 2.75) is 30.7 Å². The van der Waals surface area contributed by atoms with E-state index in [1.54, 1.807) is 36.8 Å². The fraction of sp³-hybridized carbons (Fsp3) is 0.381. The van der Waals surface area contributed by atoms with Crippen molar-refractivity contribution in [1.82, 2.24) is 0 Å². The molecule has 0 radical (unpaired) electrons. The second-order valence-corrected chi connectivity index (χ2v) is 7.59. The van der Waals surface area contributed by atoms with Crippen LogP contribution in [0, 0.1) is 0 Å². The highest BCUT2D eigenvalue weighted by molar-refractivity contribution is 7.12. The molecule has 0 spiro atoms. The molecule has 1 aromatic carbocycles. The van der Waals surface area contributed by atoms with Crippen molar-refractivity contribution in [3.05, 3.63) is 52.2 Å². The number of methoxy groups -OCH3 is 2. The van der Waals surface area contributed by atoms with E-state index in [-0.39, 0.29) is 18.1 Å². The summed E-state index contributed by atoms with van der Waals surface area (Å²) in [5.41, 5.74) is 0.828. The molecule has 5 unspecified atom stereocenters. The van der Waals surface area contributed by atoms with E-state index in [1.165, 1.54) is 24.5 Å². The standard InChI is InChI=1S/C21H24O8S/c1-26-11-16-17(23)18(24)19(25)21(29-16)28-15-9-10-30-20(15)14(22)8-5-12-3-6-13(27-2)7-4-12/h3-10,16-19,21,23-25H,11H2,1-2H3/b8-5+. The van der Waals surface area contributed by atoms with Crippen LogP contribution in [0.25, 0.3) is 6.08 Å². The van der Waals surface area contributed by atoms with Crippen LogP contribution in [0.1, 0.15) is 15.2 Å². The summed E-state index contributed by atoms with van der Waals surface area (Å²) in [6.45, 7) is 0.00479. The first kappa shape index (κ1) is 22.4. The Kier molecular flexibility index (Phi) is 7.59. The van der Waals surface area contributed by atoms with Crippen molar-refractivity contribution < 1.29 is 39.1 Å². The minimum absolute atomic E-state index is 0.00479. The molecule has 0 bridgehead atoms. The number of carbonyl (C=O) groups is 1. The second-order valence-electron chi connectivity index (χ2n) is 6.67. The van der Waals surface area contributed by atoms with Crippen molar-refractivity contribution >= 4 is 23.2 Å². The molecule has 3 rings (SSSR count). The molecular formula is C21H24O8S. The molecule has 9 heteroatoms. The average molecular weight is 436 g/mol. The summed E-state index contributed by atoms with van der Waals surface area (Å²) >= 11 is 1.18. The van der Waals surface area contributed by atoms with Crippen molar-refractivity contribution in [2.24, 2.45) is 0 Å². The molecule has 2 heterocycles. The first-order valence-electron chi connectivity index (χ1n) is 9.23. The highest BCUT2D eigenvalue weighted by Gasteiger charge is 2.45. The molecule has 1 aliphatic rings. The Balaban J connectivity index is 1.71. The smallest absolute Gasteiger partial charge is 0.229 e. The summed E-state index contributed by atoms with van der Waals surface area (Å²) in [5, 5.41) is 32.0. The van der Waals surface area contributed by atoms with Crippen LogP contribution in [0.5, 0.6) is 11.5 Å². The lowest BCUT2D eigenvalue weighted by molar-refractivity contribution is -0.278. The van der Waals surface area contributed by atoms with Crippen LogP contribution in [0.4, 0.5) is 0 Å². The van der Waals surface area contributed by atoms with Gasteiger partial charge in [-0.1, -0.05) is 18.2 Å². The van der Waals surface area contributed by atoms with Gasteiger partial charge in [0.25, 0.3) is 0 Å². The van der Waals surface area contributed by atoms with E-state index in [0.29, 0.717) is 4.88 Å². The Labute approximate surface area is 177 Å². The van der Waals surface area contributed by atoms with Gasteiger partial charge in [0.1, 0.15) is 40.8 Å². The molecule has 1 aromatic heterocycles. The Morgan fingerprint density at radius 3 is 2.50 bits per heavy atom. The molecule has 1 saturated heterocycles. The van der Waals surface area contributed by atoms with Gasteiger partial charge in [0.15, 0.2) is 5.78 Å². The molecule has 0 aliphatic carbocycles. The van der Waals surface area contributed by atoms with Crippen LogP contribution in [-0.2, 0) is 9.47 Å². The van der Waals surface area contributed by atoms with Gasteiger partial charge in [0.2, 0.25) is 6.29 Å². The van der Waals surface area contributed by atoms with E-state index >= 15 is 0 Å². The zero-order chi connectivity index (χ0) is 21.7. The molecule has 0 saturated carbocycles. The normalized spacial score (nSPS) is 26.6. The van der Waals surface area contributed by atoms with Gasteiger partial charge in [-0.3, -0.25) is 4.79 Å². The lowest BCUT2D eigenvalue weighted by Crippen LogP contribution is -2.60. The fourth-order valence-electron chi connectivity index (χ4n) is 2.97. The molecule has 2 aromatic rings. The van der Waals surface area contributed by atoms with Crippen molar-refractivity contribution in [3.63, 3.8) is 0 Å². The molecule has 1 aliphatic heterocycles. The predicted molar refractivity (Wildman–Crippen MR) is 110 cm³/mol. The number of thiophene rings is 1. The lowest BCUT2D eigenvalue weighted by Gasteiger charge is -2.39. The molecule has 5 atom stereocenters. The molecule has 8 nitrogen and oxygen atoms in total. The van der Waals surface area contributed by atoms with Gasteiger partial charge in [0.05, 0.1) is 13.7 Å². The van der Waals surface area contributed by atoms with E-state index in [0.717, 1.165) is 11.3 Å². The molecule has 0 amide bonds. The first-order valence-corrected chi connectivity index (χ1v) is 10.1. The van der Waals surface area contributed by atoms with E-state index in [1.807, 2.05) is 12.1 Å². The van der Waals surface area contributed by atoms with Gasteiger partial charge in [-0.05, 0) is 35.2 Å². The number of ketones is 1. The molecule has 162 valence electrons. The average Bonchev–Trinajstić information content (AvgIpc) is 3.22. The van der Waals surface area contributed by atoms with E-state index in [4.69, 9.17) is 18.9 Å². The van der Waals surface area contributed by atoms with E-state index in [9.17, 15) is 20.1 Å². The van der Waals surface area contributed by atoms with Gasteiger partial charge in [-0.15, -0.1) is 11.3 Å². The van der Waals surface area contributed by atoms with Crippen LogP contribution in [0.2, 0.25) is 0 Å². The van der Waals surface area contributed by atoms with Crippen molar-refractivity contribution in [3.8, 4) is 11.5 Å². The Bertz CT molecular complexity index is 862. The van der Waals surface area contributed by atoms with E-state index in [2.05, 4.69) is 0 Å². The highest BCUT2D eigenvalue weighted by Crippen LogP contribution is 2.30. The zero-order valence-electron chi connectivity index (χ0n) is 16.5. The van der Waals surface area contributed by atoms with Crippen molar-refractivity contribution in [2.75, 3.05) is 20.8 Å². The van der Waals surface area contributed by atoms with Gasteiger partial charge in [-0.25, -0.2) is 0 Å². The van der Waals surface area contributed by atoms with Gasteiger partial charge < -0.3 is 34.3 Å². The molecule has 1 fully saturated rings. The molecular weight excluding hydrogens is 412 g/mol. The number of allylic oxidation sites excluding steroid dienone is 1.